The van der Waals surface area contributed by atoms with Crippen molar-refractivity contribution in [2.45, 2.75) is 26.4 Å². The highest BCUT2D eigenvalue weighted by Gasteiger charge is 1.99. The largest absolute Gasteiger partial charge is 0.489 e. The average molecular weight is 314 g/mol. The molecule has 0 radical (unpaired) electrons. The monoisotopic (exact) mass is 314 g/mol. The predicted molar refractivity (Wildman–Crippen MR) is 96.3 cm³/mol. The molecule has 2 aromatic carbocycles. The van der Waals surface area contributed by atoms with E-state index >= 15 is 0 Å². The third kappa shape index (κ3) is 5.74. The van der Waals surface area contributed by atoms with Gasteiger partial charge in [0.2, 0.25) is 0 Å². The molecule has 2 rings (SSSR count). The fourth-order valence-corrected chi connectivity index (χ4v) is 2.15. The zero-order valence-corrected chi connectivity index (χ0v) is 13.7. The van der Waals surface area contributed by atoms with E-state index in [2.05, 4.69) is 29.7 Å². The van der Waals surface area contributed by atoms with Gasteiger partial charge in [0.1, 0.15) is 12.4 Å². The summed E-state index contributed by atoms with van der Waals surface area (Å²) < 4.78 is 5.76. The Bertz CT molecular complexity index is 569. The van der Waals surface area contributed by atoms with Crippen molar-refractivity contribution >= 4 is 23.0 Å². The number of benzene rings is 2. The van der Waals surface area contributed by atoms with Crippen LogP contribution in [0.15, 0.2) is 54.6 Å². The van der Waals surface area contributed by atoms with Gasteiger partial charge in [0.05, 0.1) is 0 Å². The molecule has 0 aliphatic carbocycles. The topological polar surface area (TPSA) is 33.3 Å². The van der Waals surface area contributed by atoms with E-state index in [1.807, 2.05) is 42.5 Å². The molecule has 2 aromatic rings. The molecule has 0 aromatic heterocycles. The number of rotatable bonds is 7. The lowest BCUT2D eigenvalue weighted by Crippen LogP contribution is -2.29. The van der Waals surface area contributed by atoms with Crippen LogP contribution < -0.4 is 15.4 Å². The molecule has 0 saturated carbocycles. The Labute approximate surface area is 137 Å². The molecule has 116 valence electrons. The van der Waals surface area contributed by atoms with Gasteiger partial charge >= 0.3 is 0 Å². The Balaban J connectivity index is 1.79. The number of hydrogen-bond acceptors (Lipinski definition) is 2. The minimum Gasteiger partial charge on any atom is -0.489 e. The highest BCUT2D eigenvalue weighted by molar-refractivity contribution is 7.80. The van der Waals surface area contributed by atoms with Crippen LogP contribution in [0.25, 0.3) is 0 Å². The van der Waals surface area contributed by atoms with Gasteiger partial charge in [-0.1, -0.05) is 43.7 Å². The van der Waals surface area contributed by atoms with Gasteiger partial charge in [-0.2, -0.15) is 0 Å². The van der Waals surface area contributed by atoms with Gasteiger partial charge in [0.15, 0.2) is 5.11 Å². The number of nitrogens with one attached hydrogen (secondary N) is 2. The van der Waals surface area contributed by atoms with Crippen molar-refractivity contribution in [3.63, 3.8) is 0 Å². The van der Waals surface area contributed by atoms with E-state index in [9.17, 15) is 0 Å². The number of thiocarbonyl (C=S) groups is 1. The molecule has 3 nitrogen and oxygen atoms in total. The van der Waals surface area contributed by atoms with Gasteiger partial charge in [0, 0.05) is 12.2 Å². The number of hydrogen-bond donors (Lipinski definition) is 2. The smallest absolute Gasteiger partial charge is 0.170 e. The lowest BCUT2D eigenvalue weighted by atomic mass is 10.2. The molecule has 22 heavy (non-hydrogen) atoms. The number of anilines is 1. The Kier molecular flexibility index (Phi) is 6.71. The van der Waals surface area contributed by atoms with Crippen LogP contribution in [0.3, 0.4) is 0 Å². The maximum absolute atomic E-state index is 5.76. The van der Waals surface area contributed by atoms with E-state index < -0.39 is 0 Å². The lowest BCUT2D eigenvalue weighted by molar-refractivity contribution is 0.306. The summed E-state index contributed by atoms with van der Waals surface area (Å²) in [7, 11) is 0. The van der Waals surface area contributed by atoms with Gasteiger partial charge in [-0.25, -0.2) is 0 Å². The first-order valence-electron chi connectivity index (χ1n) is 7.59. The standard InChI is InChI=1S/C18H22N2OS/c1-2-3-13-19-18(22)20-16-9-11-17(12-10-16)21-14-15-7-5-4-6-8-15/h4-12H,2-3,13-14H2,1H3,(H2,19,20,22). The normalized spacial score (nSPS) is 10.0. The molecule has 0 spiro atoms. The minimum absolute atomic E-state index is 0.574. The summed E-state index contributed by atoms with van der Waals surface area (Å²) in [5, 5.41) is 7.01. The molecule has 0 unspecified atom stereocenters. The second-order valence-corrected chi connectivity index (χ2v) is 5.44. The minimum atomic E-state index is 0.574. The zero-order valence-electron chi connectivity index (χ0n) is 12.8. The highest BCUT2D eigenvalue weighted by atomic mass is 32.1. The van der Waals surface area contributed by atoms with Crippen molar-refractivity contribution in [3.05, 3.63) is 60.2 Å². The van der Waals surface area contributed by atoms with E-state index in [4.69, 9.17) is 17.0 Å². The Morgan fingerprint density at radius 3 is 2.45 bits per heavy atom. The van der Waals surface area contributed by atoms with Gasteiger partial charge in [-0.3, -0.25) is 0 Å². The lowest BCUT2D eigenvalue weighted by Gasteiger charge is -2.11. The van der Waals surface area contributed by atoms with Gasteiger partial charge < -0.3 is 15.4 Å². The van der Waals surface area contributed by atoms with E-state index in [1.165, 1.54) is 0 Å². The van der Waals surface area contributed by atoms with Crippen molar-refractivity contribution in [1.29, 1.82) is 0 Å². The number of ether oxygens (including phenoxy) is 1. The van der Waals surface area contributed by atoms with Crippen LogP contribution in [0.2, 0.25) is 0 Å². The summed E-state index contributed by atoms with van der Waals surface area (Å²) in [5.74, 6) is 0.847. The number of unbranched alkanes of at least 4 members (excludes halogenated alkanes) is 1. The first-order chi connectivity index (χ1) is 10.8. The van der Waals surface area contributed by atoms with E-state index in [0.717, 1.165) is 36.4 Å². The zero-order chi connectivity index (χ0) is 15.6. The summed E-state index contributed by atoms with van der Waals surface area (Å²) in [6.07, 6.45) is 2.27. The van der Waals surface area contributed by atoms with E-state index in [-0.39, 0.29) is 0 Å². The predicted octanol–water partition coefficient (Wildman–Crippen LogP) is 4.35. The van der Waals surface area contributed by atoms with Crippen molar-refractivity contribution < 1.29 is 4.74 Å². The molecular weight excluding hydrogens is 292 g/mol. The van der Waals surface area contributed by atoms with Crippen LogP contribution in [0.5, 0.6) is 5.75 Å². The van der Waals surface area contributed by atoms with Gasteiger partial charge in [-0.05, 0) is 48.5 Å². The SMILES string of the molecule is CCCCNC(=S)Nc1ccc(OCc2ccccc2)cc1. The molecular formula is C18H22N2OS. The van der Waals surface area contributed by atoms with Crippen LogP contribution in [-0.2, 0) is 6.61 Å². The Morgan fingerprint density at radius 1 is 1.05 bits per heavy atom. The van der Waals surface area contributed by atoms with Crippen molar-refractivity contribution in [2.75, 3.05) is 11.9 Å². The molecule has 0 atom stereocenters. The first-order valence-corrected chi connectivity index (χ1v) is 8.00. The fraction of sp³-hybridized carbons (Fsp3) is 0.278. The van der Waals surface area contributed by atoms with Gasteiger partial charge in [0.25, 0.3) is 0 Å². The van der Waals surface area contributed by atoms with E-state index in [0.29, 0.717) is 11.7 Å². The summed E-state index contributed by atoms with van der Waals surface area (Å²) in [5.41, 5.74) is 2.12. The Morgan fingerprint density at radius 2 is 1.77 bits per heavy atom. The first kappa shape index (κ1) is 16.3. The summed E-state index contributed by atoms with van der Waals surface area (Å²) >= 11 is 5.24. The maximum atomic E-state index is 5.76. The highest BCUT2D eigenvalue weighted by Crippen LogP contribution is 2.17. The third-order valence-corrected chi connectivity index (χ3v) is 3.42. The maximum Gasteiger partial charge on any atom is 0.170 e. The van der Waals surface area contributed by atoms with Crippen LogP contribution in [-0.4, -0.2) is 11.7 Å². The molecule has 0 saturated heterocycles. The molecule has 0 aliphatic heterocycles. The molecule has 0 aliphatic rings. The molecule has 4 heteroatoms. The van der Waals surface area contributed by atoms with Gasteiger partial charge in [-0.15, -0.1) is 0 Å². The fourth-order valence-electron chi connectivity index (χ4n) is 1.93. The molecule has 0 heterocycles. The van der Waals surface area contributed by atoms with Crippen LogP contribution in [0.4, 0.5) is 5.69 Å². The van der Waals surface area contributed by atoms with Crippen molar-refractivity contribution in [1.82, 2.24) is 5.32 Å². The van der Waals surface area contributed by atoms with Crippen molar-refractivity contribution in [2.24, 2.45) is 0 Å². The Hall–Kier alpha value is -2.07. The van der Waals surface area contributed by atoms with E-state index in [1.54, 1.807) is 0 Å². The summed E-state index contributed by atoms with van der Waals surface area (Å²) in [6, 6.07) is 18.0. The second-order valence-electron chi connectivity index (χ2n) is 5.03. The molecule has 0 bridgehead atoms. The summed E-state index contributed by atoms with van der Waals surface area (Å²) in [6.45, 7) is 3.64. The molecule has 0 fully saturated rings. The summed E-state index contributed by atoms with van der Waals surface area (Å²) in [4.78, 5) is 0. The van der Waals surface area contributed by atoms with Crippen LogP contribution >= 0.6 is 12.2 Å². The average Bonchev–Trinajstić information content (AvgIpc) is 2.55. The van der Waals surface area contributed by atoms with Crippen LogP contribution in [0, 0.1) is 0 Å². The quantitative estimate of drug-likeness (QED) is 0.588. The van der Waals surface area contributed by atoms with Crippen molar-refractivity contribution in [3.8, 4) is 5.75 Å². The van der Waals surface area contributed by atoms with Crippen LogP contribution in [0.1, 0.15) is 25.3 Å². The molecule has 0 amide bonds. The third-order valence-electron chi connectivity index (χ3n) is 3.18. The molecule has 2 N–H and O–H groups in total. The second kappa shape index (κ2) is 9.05.